The van der Waals surface area contributed by atoms with E-state index in [1.165, 1.54) is 12.1 Å². The first-order valence-corrected chi connectivity index (χ1v) is 5.40. The number of rotatable bonds is 2. The molecule has 1 aromatic rings. The molecule has 2 nitrogen and oxygen atoms in total. The fraction of sp³-hybridized carbons (Fsp3) is 0.417. The van der Waals surface area contributed by atoms with Gasteiger partial charge in [0.15, 0.2) is 0 Å². The van der Waals surface area contributed by atoms with Crippen LogP contribution in [0.2, 0.25) is 5.02 Å². The summed E-state index contributed by atoms with van der Waals surface area (Å²) in [6, 6.07) is 4.22. The van der Waals surface area contributed by atoms with Crippen LogP contribution < -0.4 is 0 Å². The van der Waals surface area contributed by atoms with Gasteiger partial charge in [-0.1, -0.05) is 25.4 Å². The van der Waals surface area contributed by atoms with Gasteiger partial charge in [0.2, 0.25) is 0 Å². The average Bonchev–Trinajstić information content (AvgIpc) is 2.67. The zero-order valence-corrected chi connectivity index (χ0v) is 9.75. The number of halogens is 2. The van der Waals surface area contributed by atoms with Gasteiger partial charge in [0.05, 0.1) is 5.92 Å². The van der Waals surface area contributed by atoms with E-state index in [0.29, 0.717) is 10.6 Å². The molecule has 0 unspecified atom stereocenters. The van der Waals surface area contributed by atoms with Crippen LogP contribution in [-0.4, -0.2) is 11.1 Å². The molecule has 0 radical (unpaired) electrons. The molecule has 0 bridgehead atoms. The topological polar surface area (TPSA) is 37.3 Å². The molecule has 0 saturated heterocycles. The van der Waals surface area contributed by atoms with Crippen molar-refractivity contribution in [3.63, 3.8) is 0 Å². The summed E-state index contributed by atoms with van der Waals surface area (Å²) >= 11 is 5.75. The van der Waals surface area contributed by atoms with Crippen LogP contribution in [0.5, 0.6) is 0 Å². The van der Waals surface area contributed by atoms with Crippen molar-refractivity contribution in [2.75, 3.05) is 0 Å². The van der Waals surface area contributed by atoms with Gasteiger partial charge in [0.1, 0.15) is 5.82 Å². The zero-order valence-electron chi connectivity index (χ0n) is 9.00. The Balaban J connectivity index is 2.37. The van der Waals surface area contributed by atoms with Crippen molar-refractivity contribution in [2.45, 2.75) is 19.8 Å². The molecule has 0 aromatic heterocycles. The van der Waals surface area contributed by atoms with Gasteiger partial charge in [-0.15, -0.1) is 0 Å². The van der Waals surface area contributed by atoms with Crippen LogP contribution in [0.1, 0.15) is 25.3 Å². The van der Waals surface area contributed by atoms with E-state index in [0.717, 1.165) is 0 Å². The second-order valence-electron chi connectivity index (χ2n) is 4.82. The van der Waals surface area contributed by atoms with Crippen molar-refractivity contribution < 1.29 is 14.3 Å². The van der Waals surface area contributed by atoms with Crippen molar-refractivity contribution in [1.82, 2.24) is 0 Å². The first-order chi connectivity index (χ1) is 7.34. The number of hydrogen-bond acceptors (Lipinski definition) is 1. The number of hydrogen-bond donors (Lipinski definition) is 1. The predicted octanol–water partition coefficient (Wildman–Crippen LogP) is 3.30. The lowest BCUT2D eigenvalue weighted by Crippen LogP contribution is -2.03. The minimum absolute atomic E-state index is 0.154. The lowest BCUT2D eigenvalue weighted by molar-refractivity contribution is -0.139. The fourth-order valence-electron chi connectivity index (χ4n) is 2.48. The van der Waals surface area contributed by atoms with Crippen LogP contribution in [0.15, 0.2) is 18.2 Å². The van der Waals surface area contributed by atoms with E-state index in [4.69, 9.17) is 16.7 Å². The Bertz CT molecular complexity index is 436. The summed E-state index contributed by atoms with van der Waals surface area (Å²) in [6.45, 7) is 3.74. The van der Waals surface area contributed by atoms with E-state index < -0.39 is 17.7 Å². The van der Waals surface area contributed by atoms with Crippen molar-refractivity contribution in [2.24, 2.45) is 11.3 Å². The quantitative estimate of drug-likeness (QED) is 0.864. The van der Waals surface area contributed by atoms with Gasteiger partial charge in [-0.25, -0.2) is 4.39 Å². The number of benzene rings is 1. The summed E-state index contributed by atoms with van der Waals surface area (Å²) in [7, 11) is 0. The van der Waals surface area contributed by atoms with E-state index in [1.54, 1.807) is 6.07 Å². The monoisotopic (exact) mass is 242 g/mol. The van der Waals surface area contributed by atoms with Crippen LogP contribution >= 0.6 is 11.6 Å². The molecular formula is C12H12ClFO2. The molecule has 86 valence electrons. The number of carboxylic acid groups (broad SMARTS) is 1. The molecule has 2 rings (SSSR count). The summed E-state index contributed by atoms with van der Waals surface area (Å²) < 4.78 is 13.2. The van der Waals surface area contributed by atoms with Gasteiger partial charge in [-0.05, 0) is 29.2 Å². The molecule has 0 spiro atoms. The maximum Gasteiger partial charge on any atom is 0.307 e. The Morgan fingerprint density at radius 3 is 2.50 bits per heavy atom. The van der Waals surface area contributed by atoms with Crippen molar-refractivity contribution in [3.8, 4) is 0 Å². The van der Waals surface area contributed by atoms with Gasteiger partial charge in [0, 0.05) is 10.9 Å². The third kappa shape index (κ3) is 1.69. The number of aliphatic carboxylic acids is 1. The molecule has 1 saturated carbocycles. The Kier molecular flexibility index (Phi) is 2.46. The lowest BCUT2D eigenvalue weighted by atomic mass is 10.0. The van der Waals surface area contributed by atoms with Crippen LogP contribution in [0.3, 0.4) is 0 Å². The highest BCUT2D eigenvalue weighted by Gasteiger charge is 2.62. The zero-order chi connectivity index (χ0) is 12.1. The molecule has 2 atom stereocenters. The predicted molar refractivity (Wildman–Crippen MR) is 59.1 cm³/mol. The second kappa shape index (κ2) is 3.45. The van der Waals surface area contributed by atoms with E-state index >= 15 is 0 Å². The van der Waals surface area contributed by atoms with Gasteiger partial charge in [-0.3, -0.25) is 4.79 Å². The Labute approximate surface area is 98.0 Å². The highest BCUT2D eigenvalue weighted by molar-refractivity contribution is 6.30. The average molecular weight is 243 g/mol. The molecule has 0 aliphatic heterocycles. The van der Waals surface area contributed by atoms with Crippen LogP contribution in [0.25, 0.3) is 0 Å². The molecule has 4 heteroatoms. The van der Waals surface area contributed by atoms with Crippen LogP contribution in [0, 0.1) is 17.2 Å². The van der Waals surface area contributed by atoms with E-state index in [9.17, 15) is 9.18 Å². The molecule has 16 heavy (non-hydrogen) atoms. The lowest BCUT2D eigenvalue weighted by Gasteiger charge is -2.03. The van der Waals surface area contributed by atoms with Gasteiger partial charge >= 0.3 is 5.97 Å². The van der Waals surface area contributed by atoms with Gasteiger partial charge in [0.25, 0.3) is 0 Å². The summed E-state index contributed by atoms with van der Waals surface area (Å²) in [4.78, 5) is 11.0. The minimum Gasteiger partial charge on any atom is -0.481 e. The molecule has 1 fully saturated rings. The first kappa shape index (κ1) is 11.4. The summed E-state index contributed by atoms with van der Waals surface area (Å²) in [6.07, 6.45) is 0. The van der Waals surface area contributed by atoms with Gasteiger partial charge < -0.3 is 5.11 Å². The SMILES string of the molecule is CC1(C)[C@H](C(=O)O)[C@H]1c1cc(F)cc(Cl)c1. The fourth-order valence-corrected chi connectivity index (χ4v) is 2.71. The third-order valence-corrected chi connectivity index (χ3v) is 3.56. The number of carbonyl (C=O) groups is 1. The standard InChI is InChI=1S/C12H12ClFO2/c1-12(2)9(10(12)11(15)16)6-3-7(13)5-8(14)4-6/h3-5,9-10H,1-2H3,(H,15,16)/t9-,10+/m1/s1. The molecule has 1 aliphatic carbocycles. The highest BCUT2D eigenvalue weighted by atomic mass is 35.5. The van der Waals surface area contributed by atoms with E-state index in [-0.39, 0.29) is 11.3 Å². The van der Waals surface area contributed by atoms with Crippen molar-refractivity contribution >= 4 is 17.6 Å². The summed E-state index contributed by atoms with van der Waals surface area (Å²) in [5.41, 5.74) is 0.338. The number of carboxylic acids is 1. The maximum atomic E-state index is 13.2. The minimum atomic E-state index is -0.838. The maximum absolute atomic E-state index is 13.2. The van der Waals surface area contributed by atoms with E-state index in [1.807, 2.05) is 13.8 Å². The smallest absolute Gasteiger partial charge is 0.307 e. The molecule has 0 heterocycles. The summed E-state index contributed by atoms with van der Waals surface area (Å²) in [5.74, 6) is -1.87. The van der Waals surface area contributed by atoms with Gasteiger partial charge in [-0.2, -0.15) is 0 Å². The molecule has 1 N–H and O–H groups in total. The van der Waals surface area contributed by atoms with Crippen LogP contribution in [-0.2, 0) is 4.79 Å². The normalized spacial score (nSPS) is 26.5. The molecular weight excluding hydrogens is 231 g/mol. The summed E-state index contributed by atoms with van der Waals surface area (Å²) in [5, 5.41) is 9.34. The second-order valence-corrected chi connectivity index (χ2v) is 5.25. The first-order valence-electron chi connectivity index (χ1n) is 5.03. The van der Waals surface area contributed by atoms with E-state index in [2.05, 4.69) is 0 Å². The van der Waals surface area contributed by atoms with Crippen LogP contribution in [0.4, 0.5) is 4.39 Å². The highest BCUT2D eigenvalue weighted by Crippen LogP contribution is 2.64. The molecule has 0 amide bonds. The Morgan fingerprint density at radius 1 is 1.44 bits per heavy atom. The molecule has 1 aromatic carbocycles. The van der Waals surface area contributed by atoms with Crippen molar-refractivity contribution in [3.05, 3.63) is 34.6 Å². The van der Waals surface area contributed by atoms with Crippen molar-refractivity contribution in [1.29, 1.82) is 0 Å². The largest absolute Gasteiger partial charge is 0.481 e. The Morgan fingerprint density at radius 2 is 2.06 bits per heavy atom. The Hall–Kier alpha value is -1.09. The molecule has 1 aliphatic rings. The third-order valence-electron chi connectivity index (χ3n) is 3.34.